The number of hydrogen-bond acceptors (Lipinski definition) is 7. The molecule has 0 N–H and O–H groups in total. The zero-order valence-electron chi connectivity index (χ0n) is 24.4. The maximum Gasteiger partial charge on any atom is 0.243 e. The van der Waals surface area contributed by atoms with E-state index in [-0.39, 0.29) is 36.1 Å². The van der Waals surface area contributed by atoms with Gasteiger partial charge in [-0.15, -0.1) is 12.4 Å². The number of sulfonamides is 1. The Balaban J connectivity index is 0.00000441. The van der Waals surface area contributed by atoms with Crippen molar-refractivity contribution >= 4 is 33.9 Å². The summed E-state index contributed by atoms with van der Waals surface area (Å²) in [4.78, 5) is 20.6. The maximum atomic E-state index is 13.2. The molecule has 0 radical (unpaired) electrons. The molecule has 2 aromatic carbocycles. The third-order valence-electron chi connectivity index (χ3n) is 8.05. The number of carbonyl (C=O) groups is 1. The molecule has 2 heterocycles. The summed E-state index contributed by atoms with van der Waals surface area (Å²) in [7, 11) is -0.614. The molecule has 4 rings (SSSR count). The van der Waals surface area contributed by atoms with Crippen LogP contribution in [0.15, 0.2) is 41.3 Å². The van der Waals surface area contributed by atoms with Crippen molar-refractivity contribution in [3.63, 3.8) is 0 Å². The molecule has 10 heteroatoms. The van der Waals surface area contributed by atoms with E-state index in [9.17, 15) is 13.2 Å². The Morgan fingerprint density at radius 1 is 0.900 bits per heavy atom. The summed E-state index contributed by atoms with van der Waals surface area (Å²) in [5.41, 5.74) is 3.42. The second kappa shape index (κ2) is 14.6. The first-order chi connectivity index (χ1) is 18.7. The first kappa shape index (κ1) is 32.3. The molecule has 2 saturated heterocycles. The zero-order chi connectivity index (χ0) is 28.0. The fraction of sp³-hybridized carbons (Fsp3) is 0.567. The highest BCUT2D eigenvalue weighted by Gasteiger charge is 2.26. The van der Waals surface area contributed by atoms with Gasteiger partial charge >= 0.3 is 0 Å². The molecule has 40 heavy (non-hydrogen) atoms. The second-order valence-electron chi connectivity index (χ2n) is 10.9. The van der Waals surface area contributed by atoms with Crippen molar-refractivity contribution in [2.45, 2.75) is 44.4 Å². The Hall–Kier alpha value is -2.17. The van der Waals surface area contributed by atoms with Crippen molar-refractivity contribution in [2.75, 3.05) is 78.0 Å². The molecule has 222 valence electrons. The molecule has 0 aromatic heterocycles. The lowest BCUT2D eigenvalue weighted by atomic mass is 10.1. The lowest BCUT2D eigenvalue weighted by molar-refractivity contribution is -0.118. The van der Waals surface area contributed by atoms with Crippen molar-refractivity contribution < 1.29 is 17.9 Å². The summed E-state index contributed by atoms with van der Waals surface area (Å²) in [5.74, 6) is 0.655. The highest BCUT2D eigenvalue weighted by molar-refractivity contribution is 7.89. The summed E-state index contributed by atoms with van der Waals surface area (Å²) in [6, 6.07) is 11.7. The molecule has 0 atom stereocenters. The first-order valence-electron chi connectivity index (χ1n) is 14.1. The van der Waals surface area contributed by atoms with Gasteiger partial charge in [0.25, 0.3) is 0 Å². The van der Waals surface area contributed by atoms with E-state index in [2.05, 4.69) is 26.8 Å². The van der Waals surface area contributed by atoms with E-state index in [0.29, 0.717) is 23.3 Å². The van der Waals surface area contributed by atoms with Gasteiger partial charge in [-0.05, 0) is 80.7 Å². The molecule has 0 aliphatic carbocycles. The van der Waals surface area contributed by atoms with Crippen LogP contribution >= 0.6 is 12.4 Å². The number of ether oxygens (including phenoxy) is 1. The number of benzene rings is 2. The number of hydrogen-bond donors (Lipinski definition) is 0. The summed E-state index contributed by atoms with van der Waals surface area (Å²) >= 11 is 0. The number of likely N-dealkylation sites (tertiary alicyclic amines) is 1. The topological polar surface area (TPSA) is 73.4 Å². The van der Waals surface area contributed by atoms with E-state index < -0.39 is 10.0 Å². The van der Waals surface area contributed by atoms with Crippen molar-refractivity contribution in [1.29, 1.82) is 0 Å². The lowest BCUT2D eigenvalue weighted by Gasteiger charge is -2.36. The van der Waals surface area contributed by atoms with Gasteiger partial charge in [-0.2, -0.15) is 0 Å². The van der Waals surface area contributed by atoms with Gasteiger partial charge in [0.1, 0.15) is 11.5 Å². The van der Waals surface area contributed by atoms with Gasteiger partial charge in [-0.1, -0.05) is 12.1 Å². The van der Waals surface area contributed by atoms with Gasteiger partial charge in [0, 0.05) is 71.4 Å². The largest absolute Gasteiger partial charge is 0.497 e. The van der Waals surface area contributed by atoms with Gasteiger partial charge in [0.05, 0.1) is 12.0 Å². The van der Waals surface area contributed by atoms with E-state index in [1.54, 1.807) is 33.1 Å². The van der Waals surface area contributed by atoms with Crippen molar-refractivity contribution in [3.05, 3.63) is 53.1 Å². The average molecular weight is 593 g/mol. The zero-order valence-corrected chi connectivity index (χ0v) is 26.0. The quantitative estimate of drug-likeness (QED) is 0.371. The van der Waals surface area contributed by atoms with Gasteiger partial charge < -0.3 is 14.5 Å². The summed E-state index contributed by atoms with van der Waals surface area (Å²) < 4.78 is 33.0. The number of Topliss-reactive ketones (excluding diaryl/α,β-unsaturated/α-hetero) is 1. The SMILES string of the molecule is COc1cc(C)c(S(=O)(=O)N(C)CCC(=O)Cc2ccc(N3CCN(CCN4CCCC4)CC3)cc2)c(C)c1.Cl. The smallest absolute Gasteiger partial charge is 0.243 e. The predicted molar refractivity (Wildman–Crippen MR) is 164 cm³/mol. The van der Waals surface area contributed by atoms with Crippen LogP contribution < -0.4 is 9.64 Å². The van der Waals surface area contributed by atoms with Crippen LogP contribution in [0.5, 0.6) is 5.75 Å². The van der Waals surface area contributed by atoms with Crippen LogP contribution in [0.1, 0.15) is 36.0 Å². The monoisotopic (exact) mass is 592 g/mol. The fourth-order valence-corrected chi connectivity index (χ4v) is 7.23. The van der Waals surface area contributed by atoms with Crippen LogP contribution in [-0.2, 0) is 21.2 Å². The molecule has 2 aliphatic rings. The minimum absolute atomic E-state index is 0. The number of aryl methyl sites for hydroxylation is 2. The molecule has 2 fully saturated rings. The number of anilines is 1. The highest BCUT2D eigenvalue weighted by atomic mass is 35.5. The summed E-state index contributed by atoms with van der Waals surface area (Å²) in [6.45, 7) is 12.7. The van der Waals surface area contributed by atoms with E-state index in [1.165, 1.54) is 49.5 Å². The molecule has 0 bridgehead atoms. The number of ketones is 1. The third-order valence-corrected chi connectivity index (χ3v) is 10.2. The number of rotatable bonds is 12. The number of methoxy groups -OCH3 is 1. The Morgan fingerprint density at radius 3 is 2.00 bits per heavy atom. The standard InChI is InChI=1S/C30H44N4O4S.ClH/c1-24-21-29(38-4)22-25(2)30(24)39(36,37)31(3)14-11-28(35)23-26-7-9-27(10-8-26)34-19-17-33(18-20-34)16-15-32-12-5-6-13-32;/h7-10,21-22H,5-6,11-20,23H2,1-4H3;1H. The first-order valence-corrected chi connectivity index (χ1v) is 15.5. The highest BCUT2D eigenvalue weighted by Crippen LogP contribution is 2.28. The minimum Gasteiger partial charge on any atom is -0.497 e. The summed E-state index contributed by atoms with van der Waals surface area (Å²) in [5, 5.41) is 0. The number of carbonyl (C=O) groups excluding carboxylic acids is 1. The molecule has 2 aromatic rings. The van der Waals surface area contributed by atoms with E-state index in [1.807, 2.05) is 12.1 Å². The Labute approximate surface area is 246 Å². The Bertz CT molecular complexity index is 1200. The van der Waals surface area contributed by atoms with E-state index in [0.717, 1.165) is 38.3 Å². The Morgan fingerprint density at radius 2 is 1.45 bits per heavy atom. The van der Waals surface area contributed by atoms with Crippen LogP contribution in [0.2, 0.25) is 0 Å². The van der Waals surface area contributed by atoms with Gasteiger partial charge in [-0.25, -0.2) is 12.7 Å². The molecular weight excluding hydrogens is 548 g/mol. The number of halogens is 1. The van der Waals surface area contributed by atoms with Crippen LogP contribution in [0.4, 0.5) is 5.69 Å². The van der Waals surface area contributed by atoms with E-state index >= 15 is 0 Å². The van der Waals surface area contributed by atoms with Gasteiger partial charge in [0.15, 0.2) is 0 Å². The lowest BCUT2D eigenvalue weighted by Crippen LogP contribution is -2.48. The summed E-state index contributed by atoms with van der Waals surface area (Å²) in [6.07, 6.45) is 3.17. The van der Waals surface area contributed by atoms with Gasteiger partial charge in [0.2, 0.25) is 10.0 Å². The fourth-order valence-electron chi connectivity index (χ4n) is 5.65. The molecular formula is C30H45ClN4O4S. The predicted octanol–water partition coefficient (Wildman–Crippen LogP) is 3.77. The van der Waals surface area contributed by atoms with Crippen molar-refractivity contribution in [3.8, 4) is 5.75 Å². The third kappa shape index (κ3) is 8.19. The minimum atomic E-state index is -3.71. The number of nitrogens with zero attached hydrogens (tertiary/aromatic N) is 4. The maximum absolute atomic E-state index is 13.2. The normalized spacial score (nSPS) is 16.8. The van der Waals surface area contributed by atoms with Gasteiger partial charge in [-0.3, -0.25) is 9.69 Å². The van der Waals surface area contributed by atoms with Crippen LogP contribution in [0.3, 0.4) is 0 Å². The van der Waals surface area contributed by atoms with Crippen molar-refractivity contribution in [1.82, 2.24) is 14.1 Å². The number of piperazine rings is 1. The van der Waals surface area contributed by atoms with Crippen LogP contribution in [-0.4, -0.2) is 101 Å². The molecule has 0 spiro atoms. The molecule has 0 amide bonds. The van der Waals surface area contributed by atoms with Crippen molar-refractivity contribution in [2.24, 2.45) is 0 Å². The van der Waals surface area contributed by atoms with Crippen LogP contribution in [0.25, 0.3) is 0 Å². The van der Waals surface area contributed by atoms with E-state index in [4.69, 9.17) is 4.74 Å². The molecule has 8 nitrogen and oxygen atoms in total. The molecule has 0 unspecified atom stereocenters. The average Bonchev–Trinajstić information content (AvgIpc) is 3.44. The molecule has 0 saturated carbocycles. The second-order valence-corrected chi connectivity index (χ2v) is 12.9. The Kier molecular flexibility index (Phi) is 11.8. The molecule has 2 aliphatic heterocycles. The van der Waals surface area contributed by atoms with Crippen LogP contribution in [0, 0.1) is 13.8 Å².